The third kappa shape index (κ3) is 6.10. The zero-order valence-corrected chi connectivity index (χ0v) is 23.7. The molecule has 0 radical (unpaired) electrons. The number of amides is 2. The molecule has 0 aliphatic carbocycles. The van der Waals surface area contributed by atoms with Gasteiger partial charge in [0.05, 0.1) is 30.5 Å². The van der Waals surface area contributed by atoms with Crippen LogP contribution in [0.1, 0.15) is 45.6 Å². The Morgan fingerprint density at radius 2 is 1.83 bits per heavy atom. The lowest BCUT2D eigenvalue weighted by atomic mass is 9.99. The maximum atomic E-state index is 13.4. The summed E-state index contributed by atoms with van der Waals surface area (Å²) in [6.45, 7) is 6.14. The summed E-state index contributed by atoms with van der Waals surface area (Å²) in [5, 5.41) is 13.6. The van der Waals surface area contributed by atoms with Crippen molar-refractivity contribution in [2.75, 3.05) is 36.9 Å². The molecule has 0 saturated carbocycles. The van der Waals surface area contributed by atoms with Gasteiger partial charge in [-0.2, -0.15) is 11.3 Å². The van der Waals surface area contributed by atoms with Crippen LogP contribution in [0.5, 0.6) is 0 Å². The van der Waals surface area contributed by atoms with E-state index in [2.05, 4.69) is 33.0 Å². The molecule has 1 aromatic heterocycles. The van der Waals surface area contributed by atoms with Gasteiger partial charge in [-0.15, -0.1) is 0 Å². The van der Waals surface area contributed by atoms with E-state index in [1.165, 1.54) is 5.56 Å². The minimum absolute atomic E-state index is 0.153. The minimum atomic E-state index is -0.201. The van der Waals surface area contributed by atoms with Gasteiger partial charge >= 0.3 is 0 Å². The van der Waals surface area contributed by atoms with E-state index in [0.29, 0.717) is 28.1 Å². The van der Waals surface area contributed by atoms with Crippen LogP contribution in [-0.2, 0) is 16.1 Å². The highest BCUT2D eigenvalue weighted by Crippen LogP contribution is 2.38. The van der Waals surface area contributed by atoms with E-state index in [9.17, 15) is 9.59 Å². The number of fused-ring (bicyclic) bond motifs is 1. The molecule has 2 amide bonds. The van der Waals surface area contributed by atoms with E-state index in [0.717, 1.165) is 49.7 Å². The SMILES string of the molecule is C[C@@H](NC(=O)c1ccc2c(c1)/C(=C(/Nc1cccc(CN3CCOCC3)c1)c1ccsc1)C(=O)N2)c1ccccc1. The average molecular weight is 565 g/mol. The van der Waals surface area contributed by atoms with Crippen LogP contribution < -0.4 is 16.0 Å². The van der Waals surface area contributed by atoms with Gasteiger partial charge in [-0.3, -0.25) is 14.5 Å². The zero-order chi connectivity index (χ0) is 28.2. The van der Waals surface area contributed by atoms with Crippen molar-refractivity contribution in [1.29, 1.82) is 0 Å². The molecule has 3 heterocycles. The van der Waals surface area contributed by atoms with E-state index < -0.39 is 0 Å². The summed E-state index contributed by atoms with van der Waals surface area (Å²) < 4.78 is 5.49. The topological polar surface area (TPSA) is 82.7 Å². The quantitative estimate of drug-likeness (QED) is 0.229. The van der Waals surface area contributed by atoms with E-state index >= 15 is 0 Å². The number of nitrogens with one attached hydrogen (secondary N) is 3. The van der Waals surface area contributed by atoms with Crippen molar-refractivity contribution in [2.45, 2.75) is 19.5 Å². The highest BCUT2D eigenvalue weighted by molar-refractivity contribution is 7.08. The molecule has 3 N–H and O–H groups in total. The first-order valence-corrected chi connectivity index (χ1v) is 14.7. The molecule has 0 unspecified atom stereocenters. The van der Waals surface area contributed by atoms with Gasteiger partial charge in [-0.1, -0.05) is 42.5 Å². The Morgan fingerprint density at radius 1 is 1.00 bits per heavy atom. The Labute approximate surface area is 243 Å². The summed E-state index contributed by atoms with van der Waals surface area (Å²) in [6, 6.07) is 25.4. The number of morpholine rings is 1. The van der Waals surface area contributed by atoms with E-state index in [-0.39, 0.29) is 17.9 Å². The lowest BCUT2D eigenvalue weighted by Gasteiger charge is -2.26. The molecule has 8 heteroatoms. The summed E-state index contributed by atoms with van der Waals surface area (Å²) in [5.74, 6) is -0.392. The molecule has 4 aromatic rings. The minimum Gasteiger partial charge on any atom is -0.379 e. The highest BCUT2D eigenvalue weighted by atomic mass is 32.1. The third-order valence-corrected chi connectivity index (χ3v) is 8.12. The molecule has 3 aromatic carbocycles. The molecule has 7 nitrogen and oxygen atoms in total. The second-order valence-electron chi connectivity index (χ2n) is 10.3. The van der Waals surface area contributed by atoms with Crippen molar-refractivity contribution in [1.82, 2.24) is 10.2 Å². The predicted octanol–water partition coefficient (Wildman–Crippen LogP) is 6.00. The van der Waals surface area contributed by atoms with Crippen molar-refractivity contribution in [3.63, 3.8) is 0 Å². The van der Waals surface area contributed by atoms with Crippen LogP contribution in [0.2, 0.25) is 0 Å². The number of hydrogen-bond donors (Lipinski definition) is 3. The summed E-state index contributed by atoms with van der Waals surface area (Å²) >= 11 is 1.57. The maximum Gasteiger partial charge on any atom is 0.258 e. The maximum absolute atomic E-state index is 13.4. The second kappa shape index (κ2) is 12.1. The number of anilines is 2. The van der Waals surface area contributed by atoms with Gasteiger partial charge in [0.1, 0.15) is 0 Å². The smallest absolute Gasteiger partial charge is 0.258 e. The largest absolute Gasteiger partial charge is 0.379 e. The number of benzene rings is 3. The number of thiophene rings is 1. The second-order valence-corrected chi connectivity index (χ2v) is 11.1. The van der Waals surface area contributed by atoms with Crippen LogP contribution >= 0.6 is 11.3 Å². The Balaban J connectivity index is 1.31. The number of rotatable bonds is 8. The number of nitrogens with zero attached hydrogens (tertiary/aromatic N) is 1. The molecular formula is C33H32N4O3S. The fourth-order valence-corrected chi connectivity index (χ4v) is 5.90. The Kier molecular flexibility index (Phi) is 7.95. The molecule has 6 rings (SSSR count). The van der Waals surface area contributed by atoms with Gasteiger partial charge in [0.2, 0.25) is 0 Å². The Bertz CT molecular complexity index is 1580. The molecular weight excluding hydrogens is 532 g/mol. The molecule has 1 saturated heterocycles. The normalized spacial score (nSPS) is 17.0. The summed E-state index contributed by atoms with van der Waals surface area (Å²) in [4.78, 5) is 29.0. The van der Waals surface area contributed by atoms with Crippen LogP contribution in [-0.4, -0.2) is 43.0 Å². The van der Waals surface area contributed by atoms with Crippen molar-refractivity contribution in [3.8, 4) is 0 Å². The summed E-state index contributed by atoms with van der Waals surface area (Å²) in [7, 11) is 0. The lowest BCUT2D eigenvalue weighted by Crippen LogP contribution is -2.35. The van der Waals surface area contributed by atoms with Gasteiger partial charge in [-0.25, -0.2) is 0 Å². The molecule has 41 heavy (non-hydrogen) atoms. The van der Waals surface area contributed by atoms with Crippen molar-refractivity contribution in [3.05, 3.63) is 117 Å². The molecule has 2 aliphatic heterocycles. The first kappa shape index (κ1) is 27.0. The monoisotopic (exact) mass is 564 g/mol. The van der Waals surface area contributed by atoms with Gasteiger partial charge in [0.15, 0.2) is 0 Å². The first-order valence-electron chi connectivity index (χ1n) is 13.8. The van der Waals surface area contributed by atoms with Crippen LogP contribution in [0.3, 0.4) is 0 Å². The van der Waals surface area contributed by atoms with E-state index in [1.54, 1.807) is 29.5 Å². The fourth-order valence-electron chi connectivity index (χ4n) is 5.26. The zero-order valence-electron chi connectivity index (χ0n) is 22.9. The lowest BCUT2D eigenvalue weighted by molar-refractivity contribution is -0.110. The van der Waals surface area contributed by atoms with Crippen LogP contribution in [0.25, 0.3) is 11.3 Å². The molecule has 1 atom stereocenters. The van der Waals surface area contributed by atoms with Crippen molar-refractivity contribution >= 4 is 45.8 Å². The van der Waals surface area contributed by atoms with Gasteiger partial charge in [0, 0.05) is 53.1 Å². The van der Waals surface area contributed by atoms with Crippen molar-refractivity contribution in [2.24, 2.45) is 0 Å². The Hall–Kier alpha value is -4.24. The third-order valence-electron chi connectivity index (χ3n) is 7.44. The average Bonchev–Trinajstić information content (AvgIpc) is 3.64. The number of ether oxygens (including phenoxy) is 1. The molecule has 0 spiro atoms. The van der Waals surface area contributed by atoms with Gasteiger partial charge in [-0.05, 0) is 59.8 Å². The number of carbonyl (C=O) groups excluding carboxylic acids is 2. The van der Waals surface area contributed by atoms with Gasteiger partial charge in [0.25, 0.3) is 11.8 Å². The van der Waals surface area contributed by atoms with E-state index in [1.807, 2.05) is 66.2 Å². The molecule has 208 valence electrons. The fraction of sp³-hybridized carbons (Fsp3) is 0.212. The highest BCUT2D eigenvalue weighted by Gasteiger charge is 2.30. The van der Waals surface area contributed by atoms with Crippen LogP contribution in [0, 0.1) is 0 Å². The summed E-state index contributed by atoms with van der Waals surface area (Å²) in [5.41, 5.74) is 7.15. The van der Waals surface area contributed by atoms with Crippen molar-refractivity contribution < 1.29 is 14.3 Å². The standard InChI is InChI=1S/C33H32N4O3S/c1-22(24-7-3-2-4-8-24)34-32(38)25-10-11-29-28(19-25)30(33(39)36-29)31(26-12-17-41-21-26)35-27-9-5-6-23(18-27)20-37-13-15-40-16-14-37/h2-12,17-19,21-22,35H,13-16,20H2,1H3,(H,34,38)(H,36,39)/b31-30-/t22-/m1/s1. The first-order chi connectivity index (χ1) is 20.0. The van der Waals surface area contributed by atoms with Crippen LogP contribution in [0.4, 0.5) is 11.4 Å². The molecule has 2 aliphatic rings. The van der Waals surface area contributed by atoms with Gasteiger partial charge < -0.3 is 20.7 Å². The summed E-state index contributed by atoms with van der Waals surface area (Å²) in [6.07, 6.45) is 0. The number of hydrogen-bond acceptors (Lipinski definition) is 6. The molecule has 1 fully saturated rings. The molecule has 0 bridgehead atoms. The van der Waals surface area contributed by atoms with E-state index in [4.69, 9.17) is 4.74 Å². The Morgan fingerprint density at radius 3 is 2.61 bits per heavy atom. The number of carbonyl (C=O) groups is 2. The van der Waals surface area contributed by atoms with Crippen LogP contribution in [0.15, 0.2) is 89.6 Å². The predicted molar refractivity (Wildman–Crippen MR) is 165 cm³/mol.